The molecule has 0 heterocycles. The number of hydrogen-bond acceptors (Lipinski definition) is 3. The third kappa shape index (κ3) is 6.08. The van der Waals surface area contributed by atoms with Crippen molar-refractivity contribution >= 4 is 26.5 Å². The van der Waals surface area contributed by atoms with Crippen LogP contribution in [-0.4, -0.2) is 29.4 Å². The maximum atomic E-state index is 12.1. The number of anilines is 1. The van der Waals surface area contributed by atoms with Crippen LogP contribution in [0.2, 0.25) is 0 Å². The summed E-state index contributed by atoms with van der Waals surface area (Å²) in [6, 6.07) is 5.73. The van der Waals surface area contributed by atoms with Gasteiger partial charge in [0.25, 0.3) is 0 Å². The molecule has 0 aromatic heterocycles. The maximum Gasteiger partial charge on any atom is 0.229 e. The molecule has 1 rings (SSSR count). The predicted molar refractivity (Wildman–Crippen MR) is 95.4 cm³/mol. The molecule has 0 aliphatic carbocycles. The Morgan fingerprint density at radius 2 is 1.86 bits per heavy atom. The fourth-order valence-electron chi connectivity index (χ4n) is 2.06. The van der Waals surface area contributed by atoms with Crippen LogP contribution in [0.25, 0.3) is 0 Å². The predicted octanol–water partition coefficient (Wildman–Crippen LogP) is 3.41. The van der Waals surface area contributed by atoms with Crippen molar-refractivity contribution in [3.05, 3.63) is 29.3 Å². The summed E-state index contributed by atoms with van der Waals surface area (Å²) in [6.07, 6.45) is 1.99. The Kier molecular flexibility index (Phi) is 6.21. The Morgan fingerprint density at radius 3 is 2.32 bits per heavy atom. The molecular formula is C16H27NO3S2. The van der Waals surface area contributed by atoms with E-state index >= 15 is 0 Å². The van der Waals surface area contributed by atoms with Crippen molar-refractivity contribution in [2.24, 2.45) is 0 Å². The molecule has 1 aromatic carbocycles. The Balaban J connectivity index is 2.77. The van der Waals surface area contributed by atoms with E-state index in [9.17, 15) is 12.6 Å². The maximum absolute atomic E-state index is 12.1. The molecule has 0 aliphatic heterocycles. The van der Waals surface area contributed by atoms with Gasteiger partial charge in [0.05, 0.1) is 11.9 Å². The van der Waals surface area contributed by atoms with E-state index in [2.05, 4.69) is 11.6 Å². The Labute approximate surface area is 137 Å². The van der Waals surface area contributed by atoms with Gasteiger partial charge in [-0.1, -0.05) is 19.1 Å². The standard InChI is InChI=1S/C16H27NO3S2/c1-12(9-10-21(18)16(3,4)5)14-7-8-15(13(2)11-14)17-22(6,19)20/h7-8,11-12,17H,9-10H2,1-6H3/t12-,21?/m1/s1. The van der Waals surface area contributed by atoms with Gasteiger partial charge in [0, 0.05) is 21.3 Å². The van der Waals surface area contributed by atoms with Gasteiger partial charge < -0.3 is 0 Å². The van der Waals surface area contributed by atoms with Crippen LogP contribution in [0.1, 0.15) is 51.2 Å². The number of rotatable bonds is 6. The van der Waals surface area contributed by atoms with Crippen molar-refractivity contribution in [2.75, 3.05) is 16.7 Å². The molecule has 126 valence electrons. The molecule has 4 nitrogen and oxygen atoms in total. The van der Waals surface area contributed by atoms with Gasteiger partial charge >= 0.3 is 0 Å². The molecule has 0 saturated carbocycles. The quantitative estimate of drug-likeness (QED) is 0.859. The average molecular weight is 346 g/mol. The van der Waals surface area contributed by atoms with Gasteiger partial charge in [0.2, 0.25) is 10.0 Å². The van der Waals surface area contributed by atoms with Gasteiger partial charge in [0.15, 0.2) is 0 Å². The van der Waals surface area contributed by atoms with Crippen molar-refractivity contribution in [1.82, 2.24) is 0 Å². The second-order valence-electron chi connectivity index (χ2n) is 6.80. The minimum Gasteiger partial charge on any atom is -0.284 e. The normalized spacial score (nSPS) is 15.4. The van der Waals surface area contributed by atoms with Gasteiger partial charge in [-0.15, -0.1) is 0 Å². The lowest BCUT2D eigenvalue weighted by atomic mass is 9.96. The first-order valence-electron chi connectivity index (χ1n) is 7.37. The Bertz CT molecular complexity index is 646. The van der Waals surface area contributed by atoms with Crippen molar-refractivity contribution in [3.63, 3.8) is 0 Å². The highest BCUT2D eigenvalue weighted by Gasteiger charge is 2.20. The van der Waals surface area contributed by atoms with E-state index in [1.54, 1.807) is 6.07 Å². The van der Waals surface area contributed by atoms with Crippen LogP contribution in [0.5, 0.6) is 0 Å². The summed E-state index contributed by atoms with van der Waals surface area (Å²) in [5.74, 6) is 0.963. The van der Waals surface area contributed by atoms with E-state index in [0.29, 0.717) is 11.4 Å². The monoisotopic (exact) mass is 345 g/mol. The van der Waals surface area contributed by atoms with Gasteiger partial charge in [0.1, 0.15) is 0 Å². The lowest BCUT2D eigenvalue weighted by molar-refractivity contribution is 0.606. The minimum atomic E-state index is -3.26. The summed E-state index contributed by atoms with van der Waals surface area (Å²) < 4.78 is 37.0. The van der Waals surface area contributed by atoms with Crippen LogP contribution in [0.4, 0.5) is 5.69 Å². The summed E-state index contributed by atoms with van der Waals surface area (Å²) in [7, 11) is -4.11. The zero-order chi connectivity index (χ0) is 17.1. The van der Waals surface area contributed by atoms with Crippen molar-refractivity contribution in [3.8, 4) is 0 Å². The van der Waals surface area contributed by atoms with Gasteiger partial charge in [-0.2, -0.15) is 0 Å². The second-order valence-corrected chi connectivity index (χ2v) is 10.9. The molecule has 1 N–H and O–H groups in total. The van der Waals surface area contributed by atoms with Gasteiger partial charge in [-0.3, -0.25) is 8.93 Å². The summed E-state index contributed by atoms with van der Waals surface area (Å²) >= 11 is 0. The fraction of sp³-hybridized carbons (Fsp3) is 0.625. The lowest BCUT2D eigenvalue weighted by Gasteiger charge is -2.20. The lowest BCUT2D eigenvalue weighted by Crippen LogP contribution is -2.24. The Hall–Kier alpha value is -0.880. The number of benzene rings is 1. The first-order valence-corrected chi connectivity index (χ1v) is 10.6. The summed E-state index contributed by atoms with van der Waals surface area (Å²) in [5.41, 5.74) is 2.64. The van der Waals surface area contributed by atoms with Crippen LogP contribution in [0, 0.1) is 6.92 Å². The molecule has 0 saturated heterocycles. The molecule has 0 amide bonds. The molecular weight excluding hydrogens is 318 g/mol. The van der Waals surface area contributed by atoms with E-state index in [1.165, 1.54) is 0 Å². The highest BCUT2D eigenvalue weighted by molar-refractivity contribution is 7.92. The highest BCUT2D eigenvalue weighted by Crippen LogP contribution is 2.26. The largest absolute Gasteiger partial charge is 0.284 e. The average Bonchev–Trinajstić information content (AvgIpc) is 2.35. The SMILES string of the molecule is Cc1cc([C@H](C)CCS(=O)C(C)(C)C)ccc1NS(C)(=O)=O. The smallest absolute Gasteiger partial charge is 0.229 e. The van der Waals surface area contributed by atoms with Crippen LogP contribution in [0.3, 0.4) is 0 Å². The molecule has 1 aromatic rings. The molecule has 0 spiro atoms. The molecule has 0 radical (unpaired) electrons. The second kappa shape index (κ2) is 7.13. The van der Waals surface area contributed by atoms with Crippen molar-refractivity contribution in [1.29, 1.82) is 0 Å². The van der Waals surface area contributed by atoms with E-state index < -0.39 is 20.8 Å². The number of nitrogens with one attached hydrogen (secondary N) is 1. The number of hydrogen-bond donors (Lipinski definition) is 1. The van der Waals surface area contributed by atoms with Gasteiger partial charge in [-0.05, 0) is 57.2 Å². The van der Waals surface area contributed by atoms with Crippen molar-refractivity contribution < 1.29 is 12.6 Å². The number of sulfonamides is 1. The molecule has 0 fully saturated rings. The molecule has 2 atom stereocenters. The van der Waals surface area contributed by atoms with Crippen LogP contribution in [-0.2, 0) is 20.8 Å². The summed E-state index contributed by atoms with van der Waals surface area (Å²) in [6.45, 7) is 9.96. The zero-order valence-electron chi connectivity index (χ0n) is 14.3. The van der Waals surface area contributed by atoms with E-state index in [0.717, 1.165) is 23.8 Å². The molecule has 0 aliphatic rings. The number of aryl methyl sites for hydroxylation is 1. The van der Waals surface area contributed by atoms with E-state index in [1.807, 2.05) is 39.8 Å². The van der Waals surface area contributed by atoms with Crippen LogP contribution in [0.15, 0.2) is 18.2 Å². The summed E-state index contributed by atoms with van der Waals surface area (Å²) in [4.78, 5) is 0. The molecule has 1 unspecified atom stereocenters. The molecule has 0 bridgehead atoms. The van der Waals surface area contributed by atoms with Crippen LogP contribution >= 0.6 is 0 Å². The first kappa shape index (κ1) is 19.2. The highest BCUT2D eigenvalue weighted by atomic mass is 32.2. The summed E-state index contributed by atoms with van der Waals surface area (Å²) in [5, 5.41) is 0. The van der Waals surface area contributed by atoms with Gasteiger partial charge in [-0.25, -0.2) is 8.42 Å². The van der Waals surface area contributed by atoms with Crippen LogP contribution < -0.4 is 4.72 Å². The van der Waals surface area contributed by atoms with E-state index in [-0.39, 0.29) is 10.7 Å². The third-order valence-electron chi connectivity index (χ3n) is 3.53. The molecule has 6 heteroatoms. The van der Waals surface area contributed by atoms with Crippen molar-refractivity contribution in [2.45, 2.75) is 51.7 Å². The third-order valence-corrected chi connectivity index (χ3v) is 6.10. The van der Waals surface area contributed by atoms with E-state index in [4.69, 9.17) is 0 Å². The topological polar surface area (TPSA) is 63.2 Å². The Morgan fingerprint density at radius 1 is 1.27 bits per heavy atom. The minimum absolute atomic E-state index is 0.182. The first-order chi connectivity index (χ1) is 9.90. The fourth-order valence-corrected chi connectivity index (χ4v) is 3.87. The zero-order valence-corrected chi connectivity index (χ0v) is 15.9. The molecule has 22 heavy (non-hydrogen) atoms.